The Labute approximate surface area is 86.8 Å². The van der Waals surface area contributed by atoms with E-state index >= 15 is 0 Å². The van der Waals surface area contributed by atoms with Gasteiger partial charge in [0.1, 0.15) is 5.75 Å². The molecule has 0 aliphatic rings. The summed E-state index contributed by atoms with van der Waals surface area (Å²) in [5.74, 6) is -0.842. The number of methoxy groups -OCH3 is 1. The zero-order chi connectivity index (χ0) is 11.3. The number of hydrogen-bond donors (Lipinski definition) is 1. The molecule has 0 aliphatic heterocycles. The first-order chi connectivity index (χ1) is 7.13. The molecule has 78 valence electrons. The zero-order valence-corrected chi connectivity index (χ0v) is 8.14. The first kappa shape index (κ1) is 11.0. The highest BCUT2D eigenvalue weighted by atomic mass is 16.5. The fourth-order valence-electron chi connectivity index (χ4n) is 0.998. The van der Waals surface area contributed by atoms with Crippen LogP contribution in [0, 0.1) is 0 Å². The molecular weight excluding hydrogens is 196 g/mol. The molecule has 0 radical (unpaired) electrons. The van der Waals surface area contributed by atoms with Crippen LogP contribution in [0.25, 0.3) is 0 Å². The van der Waals surface area contributed by atoms with Crippen LogP contribution in [0.15, 0.2) is 36.4 Å². The summed E-state index contributed by atoms with van der Waals surface area (Å²) in [6, 6.07) is 6.43. The first-order valence-electron chi connectivity index (χ1n) is 4.23. The lowest BCUT2D eigenvalue weighted by Crippen LogP contribution is -1.96. The van der Waals surface area contributed by atoms with Gasteiger partial charge in [0.05, 0.1) is 7.11 Å². The molecule has 0 heterocycles. The van der Waals surface area contributed by atoms with E-state index in [1.807, 2.05) is 0 Å². The molecule has 0 saturated heterocycles. The average molecular weight is 206 g/mol. The van der Waals surface area contributed by atoms with Crippen molar-refractivity contribution < 1.29 is 19.4 Å². The fourth-order valence-corrected chi connectivity index (χ4v) is 0.998. The molecule has 0 unspecified atom stereocenters. The van der Waals surface area contributed by atoms with Gasteiger partial charge in [0, 0.05) is 11.6 Å². The lowest BCUT2D eigenvalue weighted by atomic mass is 10.1. The van der Waals surface area contributed by atoms with Gasteiger partial charge >= 0.3 is 5.97 Å². The minimum Gasteiger partial charge on any atom is -0.497 e. The summed E-state index contributed by atoms with van der Waals surface area (Å²) in [4.78, 5) is 21.5. The molecule has 0 fully saturated rings. The van der Waals surface area contributed by atoms with Gasteiger partial charge in [-0.25, -0.2) is 4.79 Å². The highest BCUT2D eigenvalue weighted by Crippen LogP contribution is 2.11. The molecule has 0 aromatic heterocycles. The van der Waals surface area contributed by atoms with Crippen LogP contribution in [0.4, 0.5) is 0 Å². The Morgan fingerprint density at radius 1 is 1.20 bits per heavy atom. The number of ketones is 1. The van der Waals surface area contributed by atoms with Crippen molar-refractivity contribution in [3.8, 4) is 5.75 Å². The van der Waals surface area contributed by atoms with E-state index in [0.29, 0.717) is 11.3 Å². The lowest BCUT2D eigenvalue weighted by Gasteiger charge is -1.99. The van der Waals surface area contributed by atoms with Crippen molar-refractivity contribution in [2.45, 2.75) is 0 Å². The molecule has 4 heteroatoms. The van der Waals surface area contributed by atoms with Gasteiger partial charge in [0.25, 0.3) is 0 Å². The SMILES string of the molecule is COc1ccc(C(=O)/C=C\C(=O)O)cc1. The maximum absolute atomic E-state index is 11.4. The van der Waals surface area contributed by atoms with E-state index in [0.717, 1.165) is 12.2 Å². The van der Waals surface area contributed by atoms with E-state index in [-0.39, 0.29) is 5.78 Å². The maximum atomic E-state index is 11.4. The number of hydrogen-bond acceptors (Lipinski definition) is 3. The van der Waals surface area contributed by atoms with Gasteiger partial charge in [-0.3, -0.25) is 4.79 Å². The molecule has 15 heavy (non-hydrogen) atoms. The van der Waals surface area contributed by atoms with Crippen LogP contribution in [0.3, 0.4) is 0 Å². The molecule has 4 nitrogen and oxygen atoms in total. The Morgan fingerprint density at radius 2 is 1.80 bits per heavy atom. The molecule has 0 aliphatic carbocycles. The fraction of sp³-hybridized carbons (Fsp3) is 0.0909. The summed E-state index contributed by atoms with van der Waals surface area (Å²) >= 11 is 0. The van der Waals surface area contributed by atoms with Crippen LogP contribution in [0.5, 0.6) is 5.75 Å². The number of carboxylic acid groups (broad SMARTS) is 1. The molecule has 0 saturated carbocycles. The number of allylic oxidation sites excluding steroid dienone is 1. The number of ether oxygens (including phenoxy) is 1. The third kappa shape index (κ3) is 3.27. The van der Waals surface area contributed by atoms with Gasteiger partial charge in [0.2, 0.25) is 0 Å². The highest BCUT2D eigenvalue weighted by molar-refractivity contribution is 6.06. The van der Waals surface area contributed by atoms with E-state index in [1.165, 1.54) is 7.11 Å². The molecule has 0 spiro atoms. The average Bonchev–Trinajstić information content (AvgIpc) is 2.26. The molecule has 0 atom stereocenters. The first-order valence-corrected chi connectivity index (χ1v) is 4.23. The third-order valence-corrected chi connectivity index (χ3v) is 1.75. The van der Waals surface area contributed by atoms with Crippen LogP contribution in [0.1, 0.15) is 10.4 Å². The minimum absolute atomic E-state index is 0.347. The molecule has 0 bridgehead atoms. The number of carbonyl (C=O) groups excluding carboxylic acids is 1. The quantitative estimate of drug-likeness (QED) is 0.599. The summed E-state index contributed by atoms with van der Waals surface area (Å²) in [5.41, 5.74) is 0.424. The summed E-state index contributed by atoms with van der Waals surface area (Å²) in [7, 11) is 1.53. The number of rotatable bonds is 4. The van der Waals surface area contributed by atoms with E-state index < -0.39 is 5.97 Å². The summed E-state index contributed by atoms with van der Waals surface area (Å²) in [5, 5.41) is 8.33. The highest BCUT2D eigenvalue weighted by Gasteiger charge is 2.02. The number of carboxylic acids is 1. The summed E-state index contributed by atoms with van der Waals surface area (Å²) < 4.78 is 4.92. The topological polar surface area (TPSA) is 63.6 Å². The summed E-state index contributed by atoms with van der Waals surface area (Å²) in [6.45, 7) is 0. The van der Waals surface area contributed by atoms with E-state index in [9.17, 15) is 9.59 Å². The lowest BCUT2D eigenvalue weighted by molar-refractivity contribution is -0.131. The van der Waals surface area contributed by atoms with Crippen LogP contribution >= 0.6 is 0 Å². The molecule has 0 amide bonds. The number of benzene rings is 1. The van der Waals surface area contributed by atoms with Gasteiger partial charge in [-0.15, -0.1) is 0 Å². The van der Waals surface area contributed by atoms with Gasteiger partial charge < -0.3 is 9.84 Å². The Kier molecular flexibility index (Phi) is 3.62. The van der Waals surface area contributed by atoms with Crippen molar-refractivity contribution in [3.63, 3.8) is 0 Å². The van der Waals surface area contributed by atoms with Crippen molar-refractivity contribution in [1.29, 1.82) is 0 Å². The van der Waals surface area contributed by atoms with E-state index in [1.54, 1.807) is 24.3 Å². The van der Waals surface area contributed by atoms with Gasteiger partial charge in [-0.1, -0.05) is 0 Å². The van der Waals surface area contributed by atoms with Crippen molar-refractivity contribution in [1.82, 2.24) is 0 Å². The van der Waals surface area contributed by atoms with Crippen molar-refractivity contribution in [3.05, 3.63) is 42.0 Å². The largest absolute Gasteiger partial charge is 0.497 e. The predicted octanol–water partition coefficient (Wildman–Crippen LogP) is 1.52. The molecular formula is C11H10O4. The Hall–Kier alpha value is -2.10. The normalized spacial score (nSPS) is 10.2. The van der Waals surface area contributed by atoms with Crippen LogP contribution in [-0.2, 0) is 4.79 Å². The molecule has 1 aromatic rings. The van der Waals surface area contributed by atoms with Crippen molar-refractivity contribution in [2.24, 2.45) is 0 Å². The second kappa shape index (κ2) is 4.95. The van der Waals surface area contributed by atoms with Crippen LogP contribution < -0.4 is 4.74 Å². The van der Waals surface area contributed by atoms with Crippen LogP contribution in [0.2, 0.25) is 0 Å². The smallest absolute Gasteiger partial charge is 0.328 e. The minimum atomic E-state index is -1.14. The summed E-state index contributed by atoms with van der Waals surface area (Å²) in [6.07, 6.45) is 1.83. The Bertz CT molecular complexity index is 390. The Morgan fingerprint density at radius 3 is 2.27 bits per heavy atom. The second-order valence-corrected chi connectivity index (χ2v) is 2.76. The molecule has 1 aromatic carbocycles. The van der Waals surface area contributed by atoms with Gasteiger partial charge in [0.15, 0.2) is 5.78 Å². The molecule has 1 N–H and O–H groups in total. The monoisotopic (exact) mass is 206 g/mol. The van der Waals surface area contributed by atoms with Crippen molar-refractivity contribution in [2.75, 3.05) is 7.11 Å². The number of carbonyl (C=O) groups is 2. The van der Waals surface area contributed by atoms with Gasteiger partial charge in [-0.2, -0.15) is 0 Å². The standard InChI is InChI=1S/C11H10O4/c1-15-9-4-2-8(3-5-9)10(12)6-7-11(13)14/h2-7H,1H3,(H,13,14)/b7-6-. The maximum Gasteiger partial charge on any atom is 0.328 e. The Balaban J connectivity index is 2.79. The number of aliphatic carboxylic acids is 1. The second-order valence-electron chi connectivity index (χ2n) is 2.76. The zero-order valence-electron chi connectivity index (χ0n) is 8.14. The predicted molar refractivity (Wildman–Crippen MR) is 54.1 cm³/mol. The van der Waals surface area contributed by atoms with E-state index in [2.05, 4.69) is 0 Å². The molecule has 1 rings (SSSR count). The third-order valence-electron chi connectivity index (χ3n) is 1.75. The van der Waals surface area contributed by atoms with Gasteiger partial charge in [-0.05, 0) is 30.3 Å². The van der Waals surface area contributed by atoms with Crippen molar-refractivity contribution >= 4 is 11.8 Å². The van der Waals surface area contributed by atoms with E-state index in [4.69, 9.17) is 9.84 Å². The van der Waals surface area contributed by atoms with Crippen LogP contribution in [-0.4, -0.2) is 24.0 Å².